The molecule has 19 heavy (non-hydrogen) atoms. The monoisotopic (exact) mass is 291 g/mol. The summed E-state index contributed by atoms with van der Waals surface area (Å²) >= 11 is 4.18. The van der Waals surface area contributed by atoms with Crippen LogP contribution in [0.1, 0.15) is 60.3 Å². The molecule has 0 bridgehead atoms. The topological polar surface area (TPSA) is 70.3 Å². The van der Waals surface area contributed by atoms with Gasteiger partial charge in [0.05, 0.1) is 11.6 Å². The van der Waals surface area contributed by atoms with E-state index in [9.17, 15) is 5.11 Å². The maximum atomic E-state index is 10.7. The fourth-order valence-corrected chi connectivity index (χ4v) is 2.34. The minimum atomic E-state index is -0.507. The van der Waals surface area contributed by atoms with Crippen LogP contribution in [0, 0.1) is 0 Å². The molecule has 3 unspecified atom stereocenters. The van der Waals surface area contributed by atoms with Crippen molar-refractivity contribution in [3.8, 4) is 0 Å². The highest BCUT2D eigenvalue weighted by molar-refractivity contribution is 7.78. The van der Waals surface area contributed by atoms with E-state index < -0.39 is 11.6 Å². The predicted molar refractivity (Wildman–Crippen MR) is 86.4 cm³/mol. The van der Waals surface area contributed by atoms with Gasteiger partial charge in [0.1, 0.15) is 0 Å². The zero-order chi connectivity index (χ0) is 15.1. The van der Waals surface area contributed by atoms with E-state index in [0.717, 1.165) is 25.7 Å². The Morgan fingerprint density at radius 3 is 2.16 bits per heavy atom. The molecule has 0 aliphatic heterocycles. The van der Waals surface area contributed by atoms with Crippen LogP contribution in [0.4, 0.5) is 0 Å². The Labute approximate surface area is 124 Å². The SMILES string of the molecule is CCC(C)(C)NC(CCCN)C(O)C(C)(CC)NS. The Balaban J connectivity index is 4.92. The average molecular weight is 292 g/mol. The number of rotatable bonds is 10. The van der Waals surface area contributed by atoms with E-state index in [4.69, 9.17) is 5.73 Å². The molecule has 0 aromatic heterocycles. The second-order valence-corrected chi connectivity index (χ2v) is 6.47. The van der Waals surface area contributed by atoms with Gasteiger partial charge in [0.2, 0.25) is 0 Å². The van der Waals surface area contributed by atoms with Crippen molar-refractivity contribution in [2.24, 2.45) is 5.73 Å². The van der Waals surface area contributed by atoms with Crippen LogP contribution in [-0.4, -0.2) is 34.9 Å². The van der Waals surface area contributed by atoms with Crippen molar-refractivity contribution in [2.75, 3.05) is 6.54 Å². The van der Waals surface area contributed by atoms with Crippen LogP contribution in [0.5, 0.6) is 0 Å². The molecule has 0 rings (SSSR count). The first-order valence-corrected chi connectivity index (χ1v) is 7.78. The lowest BCUT2D eigenvalue weighted by molar-refractivity contribution is 0.0340. The lowest BCUT2D eigenvalue weighted by Crippen LogP contribution is -2.60. The largest absolute Gasteiger partial charge is 0.390 e. The molecule has 5 N–H and O–H groups in total. The van der Waals surface area contributed by atoms with Crippen LogP contribution < -0.4 is 15.8 Å². The molecule has 0 saturated carbocycles. The Morgan fingerprint density at radius 1 is 1.21 bits per heavy atom. The van der Waals surface area contributed by atoms with Crippen LogP contribution in [0.15, 0.2) is 0 Å². The van der Waals surface area contributed by atoms with Gasteiger partial charge in [-0.05, 0) is 53.0 Å². The third-order valence-electron chi connectivity index (χ3n) is 4.20. The molecule has 0 aliphatic rings. The molecule has 0 amide bonds. The summed E-state index contributed by atoms with van der Waals surface area (Å²) in [7, 11) is 0. The van der Waals surface area contributed by atoms with E-state index in [1.54, 1.807) is 0 Å². The zero-order valence-corrected chi connectivity index (χ0v) is 14.1. The van der Waals surface area contributed by atoms with E-state index >= 15 is 0 Å². The minimum absolute atomic E-state index is 0.00545. The van der Waals surface area contributed by atoms with E-state index in [1.807, 2.05) is 6.92 Å². The van der Waals surface area contributed by atoms with Crippen molar-refractivity contribution in [1.82, 2.24) is 10.0 Å². The van der Waals surface area contributed by atoms with E-state index in [0.29, 0.717) is 6.54 Å². The summed E-state index contributed by atoms with van der Waals surface area (Å²) in [6.45, 7) is 11.2. The summed E-state index contributed by atoms with van der Waals surface area (Å²) in [6.07, 6.45) is 3.08. The Bertz CT molecular complexity index is 245. The first-order chi connectivity index (χ1) is 8.76. The highest BCUT2D eigenvalue weighted by Gasteiger charge is 2.37. The van der Waals surface area contributed by atoms with Crippen molar-refractivity contribution in [1.29, 1.82) is 0 Å². The van der Waals surface area contributed by atoms with Gasteiger partial charge in [-0.25, -0.2) is 0 Å². The number of hydrogen-bond acceptors (Lipinski definition) is 5. The molecule has 0 spiro atoms. The number of thiol groups is 1. The van der Waals surface area contributed by atoms with Gasteiger partial charge in [-0.2, -0.15) is 0 Å². The summed E-state index contributed by atoms with van der Waals surface area (Å²) in [4.78, 5) is 0. The van der Waals surface area contributed by atoms with Gasteiger partial charge in [0, 0.05) is 11.6 Å². The third-order valence-corrected chi connectivity index (χ3v) is 4.71. The molecular formula is C14H33N3OS. The minimum Gasteiger partial charge on any atom is -0.390 e. The number of aliphatic hydroxyl groups excluding tert-OH is 1. The van der Waals surface area contributed by atoms with Crippen LogP contribution in [-0.2, 0) is 0 Å². The second-order valence-electron chi connectivity index (χ2n) is 6.25. The van der Waals surface area contributed by atoms with Gasteiger partial charge in [-0.15, -0.1) is 0 Å². The van der Waals surface area contributed by atoms with Gasteiger partial charge in [0.15, 0.2) is 0 Å². The fourth-order valence-electron chi connectivity index (χ4n) is 2.05. The van der Waals surface area contributed by atoms with Gasteiger partial charge in [0.25, 0.3) is 0 Å². The zero-order valence-electron chi connectivity index (χ0n) is 13.2. The van der Waals surface area contributed by atoms with Crippen LogP contribution in [0.2, 0.25) is 0 Å². The number of aliphatic hydroxyl groups is 1. The quantitative estimate of drug-likeness (QED) is 0.398. The standard InChI is InChI=1S/C14H33N3OS/c1-6-13(3,4)16-11(9-8-10-15)12(18)14(5,7-2)17-19/h11-12,16-19H,6-10,15H2,1-5H3. The molecule has 0 heterocycles. The number of nitrogens with two attached hydrogens (primary N) is 1. The molecule has 0 fully saturated rings. The normalized spacial score (nSPS) is 18.9. The third kappa shape index (κ3) is 6.00. The Hall–Kier alpha value is 0.190. The Morgan fingerprint density at radius 2 is 1.79 bits per heavy atom. The Kier molecular flexibility index (Phi) is 8.56. The highest BCUT2D eigenvalue weighted by atomic mass is 32.1. The van der Waals surface area contributed by atoms with Crippen LogP contribution in [0.25, 0.3) is 0 Å². The van der Waals surface area contributed by atoms with Gasteiger partial charge in [-0.3, -0.25) is 4.72 Å². The summed E-state index contributed by atoms with van der Waals surface area (Å²) in [5.74, 6) is 0. The van der Waals surface area contributed by atoms with Crippen LogP contribution in [0.3, 0.4) is 0 Å². The van der Waals surface area contributed by atoms with Crippen molar-refractivity contribution < 1.29 is 5.11 Å². The van der Waals surface area contributed by atoms with Crippen LogP contribution >= 0.6 is 12.8 Å². The van der Waals surface area contributed by atoms with Crippen molar-refractivity contribution in [2.45, 2.75) is 83.5 Å². The molecule has 0 aromatic rings. The molecule has 3 atom stereocenters. The molecule has 0 radical (unpaired) electrons. The molecule has 116 valence electrons. The summed E-state index contributed by atoms with van der Waals surface area (Å²) in [5.41, 5.74) is 5.21. The molecule has 0 saturated heterocycles. The molecule has 4 nitrogen and oxygen atoms in total. The first-order valence-electron chi connectivity index (χ1n) is 7.33. The fraction of sp³-hybridized carbons (Fsp3) is 1.00. The first kappa shape index (κ1) is 19.2. The molecule has 0 aromatic carbocycles. The molecule has 0 aliphatic carbocycles. The summed E-state index contributed by atoms with van der Waals surface area (Å²) in [5, 5.41) is 14.3. The molecular weight excluding hydrogens is 258 g/mol. The van der Waals surface area contributed by atoms with E-state index in [-0.39, 0.29) is 11.6 Å². The smallest absolute Gasteiger partial charge is 0.0879 e. The van der Waals surface area contributed by atoms with Crippen molar-refractivity contribution in [3.05, 3.63) is 0 Å². The average Bonchev–Trinajstić information content (AvgIpc) is 2.41. The summed E-state index contributed by atoms with van der Waals surface area (Å²) in [6, 6.07) is 0.0168. The number of hydrogen-bond donors (Lipinski definition) is 5. The maximum absolute atomic E-state index is 10.7. The highest BCUT2D eigenvalue weighted by Crippen LogP contribution is 2.23. The lowest BCUT2D eigenvalue weighted by atomic mass is 9.84. The predicted octanol–water partition coefficient (Wildman–Crippen LogP) is 1.84. The van der Waals surface area contributed by atoms with E-state index in [2.05, 4.69) is 50.5 Å². The van der Waals surface area contributed by atoms with Gasteiger partial charge < -0.3 is 16.2 Å². The second kappa shape index (κ2) is 8.47. The van der Waals surface area contributed by atoms with Crippen molar-refractivity contribution >= 4 is 12.8 Å². The van der Waals surface area contributed by atoms with Gasteiger partial charge in [-0.1, -0.05) is 26.7 Å². The lowest BCUT2D eigenvalue weighted by Gasteiger charge is -2.41. The summed E-state index contributed by atoms with van der Waals surface area (Å²) < 4.78 is 2.96. The van der Waals surface area contributed by atoms with Gasteiger partial charge >= 0.3 is 0 Å². The number of nitrogens with one attached hydrogen (secondary N) is 2. The maximum Gasteiger partial charge on any atom is 0.0879 e. The van der Waals surface area contributed by atoms with Crippen molar-refractivity contribution in [3.63, 3.8) is 0 Å². The molecule has 5 heteroatoms. The van der Waals surface area contributed by atoms with E-state index in [1.165, 1.54) is 0 Å².